The third-order valence-corrected chi connectivity index (χ3v) is 10.4. The fourth-order valence-electron chi connectivity index (χ4n) is 5.27. The van der Waals surface area contributed by atoms with Gasteiger partial charge in [0.25, 0.3) is 11.8 Å². The lowest BCUT2D eigenvalue weighted by atomic mass is 9.93. The van der Waals surface area contributed by atoms with Gasteiger partial charge >= 0.3 is 8.56 Å². The molecule has 1 aliphatic carbocycles. The van der Waals surface area contributed by atoms with Gasteiger partial charge in [0.1, 0.15) is 0 Å². The molecule has 0 bridgehead atoms. The zero-order chi connectivity index (χ0) is 25.7. The molecule has 0 spiro atoms. The number of rotatable bonds is 10. The van der Waals surface area contributed by atoms with E-state index in [1.807, 2.05) is 91.0 Å². The summed E-state index contributed by atoms with van der Waals surface area (Å²) in [7, 11) is -3.23. The average Bonchev–Trinajstić information content (AvgIpc) is 3.22. The number of nitrogens with zero attached hydrogens (tertiary/aromatic N) is 1. The van der Waals surface area contributed by atoms with Crippen molar-refractivity contribution in [1.29, 1.82) is 0 Å². The average molecular weight is 510 g/mol. The van der Waals surface area contributed by atoms with Gasteiger partial charge in [0, 0.05) is 11.1 Å². The van der Waals surface area contributed by atoms with Crippen molar-refractivity contribution in [2.75, 3.05) is 13.2 Å². The maximum absolute atomic E-state index is 13.6. The van der Waals surface area contributed by atoms with E-state index in [1.54, 1.807) is 6.08 Å². The highest BCUT2D eigenvalue weighted by atomic mass is 28.4. The van der Waals surface area contributed by atoms with Crippen LogP contribution in [0.2, 0.25) is 0 Å². The SMILES string of the molecule is C=CCO[Si](OC[C@@H](c1ccccc1)N1C(=O)C2=C(CCCC2)C1=O)(c1ccccc1)c1ccccc1. The van der Waals surface area contributed by atoms with Crippen LogP contribution in [0.1, 0.15) is 37.3 Å². The van der Waals surface area contributed by atoms with Gasteiger partial charge in [-0.05, 0) is 41.6 Å². The van der Waals surface area contributed by atoms with Gasteiger partial charge in [0.15, 0.2) is 0 Å². The van der Waals surface area contributed by atoms with E-state index in [-0.39, 0.29) is 18.4 Å². The van der Waals surface area contributed by atoms with Crippen LogP contribution in [0, 0.1) is 0 Å². The molecule has 2 amide bonds. The zero-order valence-electron chi connectivity index (χ0n) is 20.8. The number of amides is 2. The summed E-state index contributed by atoms with van der Waals surface area (Å²) < 4.78 is 13.4. The highest BCUT2D eigenvalue weighted by Gasteiger charge is 2.47. The van der Waals surface area contributed by atoms with Gasteiger partial charge in [0.2, 0.25) is 0 Å². The first-order valence-electron chi connectivity index (χ1n) is 12.8. The molecule has 3 aromatic carbocycles. The van der Waals surface area contributed by atoms with Crippen LogP contribution in [0.3, 0.4) is 0 Å². The Kier molecular flexibility index (Phi) is 7.60. The van der Waals surface area contributed by atoms with Crippen LogP contribution in [-0.4, -0.2) is 38.5 Å². The minimum absolute atomic E-state index is 0.120. The Morgan fingerprint density at radius 2 is 1.24 bits per heavy atom. The molecule has 0 radical (unpaired) electrons. The molecular weight excluding hydrogens is 478 g/mol. The third kappa shape index (κ3) is 4.88. The third-order valence-electron chi connectivity index (χ3n) is 7.07. The summed E-state index contributed by atoms with van der Waals surface area (Å²) in [5.74, 6) is -0.369. The molecule has 2 aliphatic rings. The van der Waals surface area contributed by atoms with Crippen LogP contribution in [0.25, 0.3) is 0 Å². The summed E-state index contributed by atoms with van der Waals surface area (Å²) in [5.41, 5.74) is 2.21. The Morgan fingerprint density at radius 1 is 0.757 bits per heavy atom. The topological polar surface area (TPSA) is 55.8 Å². The van der Waals surface area contributed by atoms with Gasteiger partial charge in [-0.1, -0.05) is 97.1 Å². The van der Waals surface area contributed by atoms with E-state index in [1.165, 1.54) is 4.90 Å². The second kappa shape index (κ2) is 11.2. The molecule has 3 aromatic rings. The van der Waals surface area contributed by atoms with E-state index < -0.39 is 14.6 Å². The predicted octanol–water partition coefficient (Wildman–Crippen LogP) is 4.44. The maximum Gasteiger partial charge on any atom is 0.407 e. The van der Waals surface area contributed by atoms with Crippen molar-refractivity contribution in [3.05, 3.63) is 120 Å². The van der Waals surface area contributed by atoms with E-state index in [9.17, 15) is 9.59 Å². The molecule has 1 atom stereocenters. The molecule has 5 rings (SSSR count). The summed E-state index contributed by atoms with van der Waals surface area (Å²) in [6.45, 7) is 4.29. The van der Waals surface area contributed by atoms with Crippen LogP contribution in [-0.2, 0) is 18.4 Å². The number of carbonyl (C=O) groups is 2. The molecular formula is C31H31NO4Si. The van der Waals surface area contributed by atoms with Crippen molar-refractivity contribution in [1.82, 2.24) is 4.90 Å². The number of carbonyl (C=O) groups excluding carboxylic acids is 2. The van der Waals surface area contributed by atoms with Crippen molar-refractivity contribution in [3.8, 4) is 0 Å². The zero-order valence-corrected chi connectivity index (χ0v) is 21.8. The highest BCUT2D eigenvalue weighted by Crippen LogP contribution is 2.37. The first-order valence-corrected chi connectivity index (χ1v) is 14.6. The normalized spacial score (nSPS) is 16.6. The molecule has 5 nitrogen and oxygen atoms in total. The molecule has 0 aromatic heterocycles. The Bertz CT molecular complexity index is 1220. The Balaban J connectivity index is 1.56. The van der Waals surface area contributed by atoms with Crippen LogP contribution in [0.4, 0.5) is 0 Å². The van der Waals surface area contributed by atoms with Crippen molar-refractivity contribution in [2.24, 2.45) is 0 Å². The Labute approximate surface area is 219 Å². The smallest absolute Gasteiger partial charge is 0.385 e. The first kappa shape index (κ1) is 25.1. The molecule has 1 aliphatic heterocycles. The van der Waals surface area contributed by atoms with Crippen LogP contribution < -0.4 is 10.4 Å². The summed E-state index contributed by atoms with van der Waals surface area (Å²) in [4.78, 5) is 28.5. The number of benzene rings is 3. The molecule has 0 N–H and O–H groups in total. The minimum Gasteiger partial charge on any atom is -0.385 e. The lowest BCUT2D eigenvalue weighted by Gasteiger charge is -2.35. The van der Waals surface area contributed by atoms with Gasteiger partial charge in [-0.3, -0.25) is 14.5 Å². The van der Waals surface area contributed by atoms with Crippen LogP contribution in [0.15, 0.2) is 115 Å². The van der Waals surface area contributed by atoms with Crippen molar-refractivity contribution in [3.63, 3.8) is 0 Å². The van der Waals surface area contributed by atoms with Crippen molar-refractivity contribution >= 4 is 30.7 Å². The first-order chi connectivity index (χ1) is 18.2. The van der Waals surface area contributed by atoms with E-state index in [2.05, 4.69) is 6.58 Å². The monoisotopic (exact) mass is 509 g/mol. The summed E-state index contributed by atoms with van der Waals surface area (Å²) in [6.07, 6.45) is 4.91. The lowest BCUT2D eigenvalue weighted by Crippen LogP contribution is -2.64. The van der Waals surface area contributed by atoms with E-state index >= 15 is 0 Å². The van der Waals surface area contributed by atoms with Crippen LogP contribution >= 0.6 is 0 Å². The lowest BCUT2D eigenvalue weighted by molar-refractivity contribution is -0.141. The molecule has 0 fully saturated rings. The highest BCUT2D eigenvalue weighted by molar-refractivity contribution is 6.92. The van der Waals surface area contributed by atoms with Gasteiger partial charge in [-0.15, -0.1) is 6.58 Å². The standard InChI is InChI=1S/C31H31NO4Si/c1-2-22-35-37(25-16-8-4-9-17-25,26-18-10-5-11-19-26)36-23-29(24-14-6-3-7-15-24)32-30(33)27-20-12-13-21-28(27)31(32)34/h2-11,14-19,29H,1,12-13,20-23H2/t29-/m0/s1. The number of hydrogen-bond donors (Lipinski definition) is 0. The van der Waals surface area contributed by atoms with E-state index in [0.29, 0.717) is 30.6 Å². The number of imide groups is 1. The van der Waals surface area contributed by atoms with Gasteiger partial charge in [-0.2, -0.15) is 0 Å². The van der Waals surface area contributed by atoms with Gasteiger partial charge in [0.05, 0.1) is 19.3 Å². The second-order valence-electron chi connectivity index (χ2n) is 9.33. The molecule has 0 unspecified atom stereocenters. The van der Waals surface area contributed by atoms with E-state index in [4.69, 9.17) is 8.85 Å². The fourth-order valence-corrected chi connectivity index (χ4v) is 8.36. The molecule has 0 saturated heterocycles. The second-order valence-corrected chi connectivity index (χ2v) is 12.3. The van der Waals surface area contributed by atoms with E-state index in [0.717, 1.165) is 28.8 Å². The molecule has 0 saturated carbocycles. The Hall–Kier alpha value is -3.58. The predicted molar refractivity (Wildman–Crippen MR) is 147 cm³/mol. The van der Waals surface area contributed by atoms with Crippen molar-refractivity contribution in [2.45, 2.75) is 31.7 Å². The maximum atomic E-state index is 13.6. The van der Waals surface area contributed by atoms with Crippen molar-refractivity contribution < 1.29 is 18.4 Å². The molecule has 1 heterocycles. The largest absolute Gasteiger partial charge is 0.407 e. The summed E-state index contributed by atoms with van der Waals surface area (Å²) in [5, 5.41) is 1.90. The number of hydrogen-bond acceptors (Lipinski definition) is 4. The summed E-state index contributed by atoms with van der Waals surface area (Å²) in [6, 6.07) is 29.0. The van der Waals surface area contributed by atoms with Gasteiger partial charge in [-0.25, -0.2) is 0 Å². The summed E-state index contributed by atoms with van der Waals surface area (Å²) >= 11 is 0. The quantitative estimate of drug-likeness (QED) is 0.230. The molecule has 188 valence electrons. The molecule has 6 heteroatoms. The fraction of sp³-hybridized carbons (Fsp3) is 0.226. The minimum atomic E-state index is -3.23. The van der Waals surface area contributed by atoms with Gasteiger partial charge < -0.3 is 8.85 Å². The Morgan fingerprint density at radius 3 is 1.73 bits per heavy atom. The molecule has 37 heavy (non-hydrogen) atoms. The van der Waals surface area contributed by atoms with Crippen LogP contribution in [0.5, 0.6) is 0 Å².